The van der Waals surface area contributed by atoms with Crippen LogP contribution in [0, 0.1) is 5.82 Å². The van der Waals surface area contributed by atoms with Crippen molar-refractivity contribution in [3.8, 4) is 11.6 Å². The number of methoxy groups -OCH3 is 1. The third-order valence-corrected chi connectivity index (χ3v) is 6.40. The molecule has 12 heteroatoms. The highest BCUT2D eigenvalue weighted by atomic mass is 32.1. The van der Waals surface area contributed by atoms with E-state index in [1.165, 1.54) is 13.2 Å². The minimum Gasteiger partial charge on any atom is -0.493 e. The molecule has 0 saturated carbocycles. The molecule has 9 nitrogen and oxygen atoms in total. The Morgan fingerprint density at radius 2 is 2.24 bits per heavy atom. The first-order valence-corrected chi connectivity index (χ1v) is 11.8. The molecule has 0 radical (unpaired) electrons. The minimum atomic E-state index is -0.775. The number of amides is 2. The fourth-order valence-corrected chi connectivity index (χ4v) is 4.59. The predicted molar refractivity (Wildman–Crippen MR) is 121 cm³/mol. The van der Waals surface area contributed by atoms with Crippen LogP contribution >= 0.6 is 11.5 Å². The maximum absolute atomic E-state index is 14.4. The Morgan fingerprint density at radius 1 is 1.38 bits per heavy atom. The number of carbonyl (C=O) groups excluding carboxylic acids is 2. The Hall–Kier alpha value is -2.99. The summed E-state index contributed by atoms with van der Waals surface area (Å²) in [7, 11) is 1.20. The summed E-state index contributed by atoms with van der Waals surface area (Å²) in [5.41, 5.74) is 1.01. The number of anilines is 1. The summed E-state index contributed by atoms with van der Waals surface area (Å²) in [4.78, 5) is 26.6. The van der Waals surface area contributed by atoms with Crippen LogP contribution in [0.2, 0.25) is 0 Å². The zero-order valence-corrected chi connectivity index (χ0v) is 19.5. The van der Waals surface area contributed by atoms with Gasteiger partial charge < -0.3 is 24.4 Å². The molecular weight excluding hydrogens is 470 g/mol. The van der Waals surface area contributed by atoms with Gasteiger partial charge in [0, 0.05) is 37.2 Å². The minimum absolute atomic E-state index is 0.0495. The van der Waals surface area contributed by atoms with Gasteiger partial charge in [-0.1, -0.05) is 0 Å². The van der Waals surface area contributed by atoms with Crippen molar-refractivity contribution in [2.24, 2.45) is 0 Å². The summed E-state index contributed by atoms with van der Waals surface area (Å²) in [5, 5.41) is 5.43. The van der Waals surface area contributed by atoms with Crippen LogP contribution in [0.5, 0.6) is 11.6 Å². The maximum atomic E-state index is 14.4. The average molecular weight is 497 g/mol. The van der Waals surface area contributed by atoms with Crippen LogP contribution in [-0.4, -0.2) is 67.3 Å². The molecule has 184 valence electrons. The van der Waals surface area contributed by atoms with Crippen LogP contribution in [-0.2, 0) is 17.8 Å². The zero-order chi connectivity index (χ0) is 24.1. The van der Waals surface area contributed by atoms with Gasteiger partial charge in [0.1, 0.15) is 29.3 Å². The van der Waals surface area contributed by atoms with E-state index in [1.807, 2.05) is 4.90 Å². The Kier molecular flexibility index (Phi) is 7.78. The van der Waals surface area contributed by atoms with Gasteiger partial charge in [0.25, 0.3) is 0 Å². The number of hydrogen-bond acceptors (Lipinski definition) is 8. The second-order valence-corrected chi connectivity index (χ2v) is 8.82. The standard InChI is InChI=1S/C22H26F2N4O5S/c1-31-21(29)18-19(33-12-14-10-17-13(4-8-32-17)9-16(14)24)27-34-20(18)26-22(30)25-5-2-6-28-7-3-15(23)11-28/h9-10,15H,2-8,11-12H2,1H3,(H2,25,26,30)/t15-/m1/s1. The second kappa shape index (κ2) is 11.0. The van der Waals surface area contributed by atoms with Gasteiger partial charge in [0.15, 0.2) is 5.56 Å². The summed E-state index contributed by atoms with van der Waals surface area (Å²) in [6.07, 6.45) is 1.09. The van der Waals surface area contributed by atoms with Gasteiger partial charge >= 0.3 is 12.0 Å². The molecule has 2 aromatic rings. The second-order valence-electron chi connectivity index (χ2n) is 8.04. The lowest BCUT2D eigenvalue weighted by Crippen LogP contribution is -2.32. The number of halogens is 2. The maximum Gasteiger partial charge on any atom is 0.346 e. The average Bonchev–Trinajstić information content (AvgIpc) is 3.54. The van der Waals surface area contributed by atoms with Crippen LogP contribution < -0.4 is 20.1 Å². The third kappa shape index (κ3) is 5.73. The molecule has 1 saturated heterocycles. The number of ether oxygens (including phenoxy) is 3. The van der Waals surface area contributed by atoms with Gasteiger partial charge in [-0.25, -0.2) is 18.4 Å². The fourth-order valence-electron chi connectivity index (χ4n) is 3.88. The molecule has 0 spiro atoms. The van der Waals surface area contributed by atoms with Crippen molar-refractivity contribution in [1.82, 2.24) is 14.6 Å². The van der Waals surface area contributed by atoms with E-state index in [0.717, 1.165) is 23.6 Å². The van der Waals surface area contributed by atoms with Crippen molar-refractivity contribution in [3.63, 3.8) is 0 Å². The molecule has 1 aromatic carbocycles. The number of urea groups is 1. The van der Waals surface area contributed by atoms with E-state index >= 15 is 0 Å². The van der Waals surface area contributed by atoms with Crippen molar-refractivity contribution in [1.29, 1.82) is 0 Å². The van der Waals surface area contributed by atoms with Crippen LogP contribution in [0.1, 0.15) is 34.3 Å². The molecule has 4 rings (SSSR count). The van der Waals surface area contributed by atoms with E-state index < -0.39 is 24.0 Å². The molecular formula is C22H26F2N4O5S. The highest BCUT2D eigenvalue weighted by Gasteiger charge is 2.26. The normalized spacial score (nSPS) is 17.2. The van der Waals surface area contributed by atoms with Gasteiger partial charge in [0.05, 0.1) is 13.7 Å². The quantitative estimate of drug-likeness (QED) is 0.406. The van der Waals surface area contributed by atoms with Crippen molar-refractivity contribution in [3.05, 3.63) is 34.6 Å². The summed E-state index contributed by atoms with van der Waals surface area (Å²) >= 11 is 0.851. The molecule has 1 atom stereocenters. The number of nitrogens with one attached hydrogen (secondary N) is 2. The molecule has 0 aliphatic carbocycles. The number of hydrogen-bond donors (Lipinski definition) is 2. The molecule has 0 bridgehead atoms. The first-order valence-electron chi connectivity index (χ1n) is 11.0. The summed E-state index contributed by atoms with van der Waals surface area (Å²) in [5.74, 6) is -0.637. The van der Waals surface area contributed by atoms with E-state index in [2.05, 4.69) is 15.0 Å². The van der Waals surface area contributed by atoms with E-state index in [4.69, 9.17) is 14.2 Å². The van der Waals surface area contributed by atoms with Crippen LogP contribution in [0.25, 0.3) is 0 Å². The van der Waals surface area contributed by atoms with Crippen LogP contribution in [0.3, 0.4) is 0 Å². The molecule has 1 fully saturated rings. The van der Waals surface area contributed by atoms with Crippen molar-refractivity contribution >= 4 is 28.5 Å². The lowest BCUT2D eigenvalue weighted by molar-refractivity contribution is 0.0596. The van der Waals surface area contributed by atoms with Crippen LogP contribution in [0.15, 0.2) is 12.1 Å². The summed E-state index contributed by atoms with van der Waals surface area (Å²) < 4.78 is 47.6. The number of rotatable bonds is 9. The van der Waals surface area contributed by atoms with E-state index in [9.17, 15) is 18.4 Å². The molecule has 3 heterocycles. The van der Waals surface area contributed by atoms with Crippen LogP contribution in [0.4, 0.5) is 18.6 Å². The van der Waals surface area contributed by atoms with Crippen molar-refractivity contribution in [2.75, 3.05) is 45.2 Å². The molecule has 1 aromatic heterocycles. The van der Waals surface area contributed by atoms with Crippen molar-refractivity contribution < 1.29 is 32.6 Å². The molecule has 2 N–H and O–H groups in total. The van der Waals surface area contributed by atoms with Gasteiger partial charge in [-0.05, 0) is 43.1 Å². The number of fused-ring (bicyclic) bond motifs is 1. The highest BCUT2D eigenvalue weighted by Crippen LogP contribution is 2.33. The molecule has 2 amide bonds. The van der Waals surface area contributed by atoms with E-state index in [0.29, 0.717) is 51.3 Å². The SMILES string of the molecule is COC(=O)c1c(OCc2cc3c(cc2F)CCO3)nsc1NC(=O)NCCCN1CC[C@@H](F)C1. The number of alkyl halides is 1. The van der Waals surface area contributed by atoms with E-state index in [-0.39, 0.29) is 28.6 Å². The largest absolute Gasteiger partial charge is 0.493 e. The third-order valence-electron chi connectivity index (χ3n) is 5.65. The molecule has 0 unspecified atom stereocenters. The number of benzene rings is 1. The lowest BCUT2D eigenvalue weighted by Gasteiger charge is -2.14. The summed E-state index contributed by atoms with van der Waals surface area (Å²) in [6, 6.07) is 2.47. The van der Waals surface area contributed by atoms with Gasteiger partial charge in [0.2, 0.25) is 5.88 Å². The lowest BCUT2D eigenvalue weighted by atomic mass is 10.1. The summed E-state index contributed by atoms with van der Waals surface area (Å²) in [6.45, 7) is 2.55. The topological polar surface area (TPSA) is 102 Å². The van der Waals surface area contributed by atoms with Gasteiger partial charge in [-0.2, -0.15) is 4.37 Å². The Morgan fingerprint density at radius 3 is 3.00 bits per heavy atom. The Bertz CT molecular complexity index is 1050. The first-order chi connectivity index (χ1) is 16.4. The predicted octanol–water partition coefficient (Wildman–Crippen LogP) is 3.14. The zero-order valence-electron chi connectivity index (χ0n) is 18.7. The van der Waals surface area contributed by atoms with E-state index in [1.54, 1.807) is 6.07 Å². The number of aromatic nitrogens is 1. The smallest absolute Gasteiger partial charge is 0.346 e. The Balaban J connectivity index is 1.34. The Labute approximate surface area is 199 Å². The number of likely N-dealkylation sites (tertiary alicyclic amines) is 1. The highest BCUT2D eigenvalue weighted by molar-refractivity contribution is 7.11. The van der Waals surface area contributed by atoms with Crippen molar-refractivity contribution in [2.45, 2.75) is 32.0 Å². The molecule has 34 heavy (non-hydrogen) atoms. The van der Waals surface area contributed by atoms with Gasteiger partial charge in [-0.15, -0.1) is 0 Å². The molecule has 2 aliphatic rings. The number of carbonyl (C=O) groups is 2. The number of nitrogens with zero attached hydrogens (tertiary/aromatic N) is 2. The monoisotopic (exact) mass is 496 g/mol. The van der Waals surface area contributed by atoms with Gasteiger partial charge in [-0.3, -0.25) is 5.32 Å². The first kappa shape index (κ1) is 24.1. The fraction of sp³-hybridized carbons (Fsp3) is 0.500. The molecule has 2 aliphatic heterocycles. The number of esters is 1.